The average Bonchev–Trinajstić information content (AvgIpc) is 2.88. The zero-order valence-corrected chi connectivity index (χ0v) is 10.6. The fraction of sp³-hybridized carbons (Fsp3) is 0.308. The van der Waals surface area contributed by atoms with Crippen LogP contribution in [0.4, 0.5) is 0 Å². The van der Waals surface area contributed by atoms with Crippen LogP contribution >= 0.6 is 0 Å². The van der Waals surface area contributed by atoms with Crippen molar-refractivity contribution in [3.05, 3.63) is 36.4 Å². The molecule has 1 aromatic carbocycles. The van der Waals surface area contributed by atoms with Crippen molar-refractivity contribution in [2.75, 3.05) is 0 Å². The van der Waals surface area contributed by atoms with E-state index in [1.807, 2.05) is 17.7 Å². The molecule has 0 amide bonds. The zero-order chi connectivity index (χ0) is 13.8. The molecule has 0 spiro atoms. The first-order valence-corrected chi connectivity index (χ1v) is 6.00. The lowest BCUT2D eigenvalue weighted by Gasteiger charge is -2.15. The van der Waals surface area contributed by atoms with Crippen molar-refractivity contribution in [2.24, 2.45) is 0 Å². The van der Waals surface area contributed by atoms with Crippen molar-refractivity contribution in [2.45, 2.75) is 26.1 Å². The van der Waals surface area contributed by atoms with Gasteiger partial charge in [0.2, 0.25) is 5.75 Å². The van der Waals surface area contributed by atoms with E-state index in [1.54, 1.807) is 18.6 Å². The van der Waals surface area contributed by atoms with Gasteiger partial charge in [-0.3, -0.25) is 0 Å². The highest BCUT2D eigenvalue weighted by Crippen LogP contribution is 2.36. The lowest BCUT2D eigenvalue weighted by Crippen LogP contribution is -2.29. The van der Waals surface area contributed by atoms with Crippen LogP contribution in [0.2, 0.25) is 0 Å². The predicted molar refractivity (Wildman–Crippen MR) is 70.0 cm³/mol. The van der Waals surface area contributed by atoms with Crippen LogP contribution in [-0.2, 0) is 13.1 Å². The van der Waals surface area contributed by atoms with E-state index in [0.717, 1.165) is 6.54 Å². The highest BCUT2D eigenvalue weighted by Gasteiger charge is 2.11. The monoisotopic (exact) mass is 263 g/mol. The number of hydrogen-bond donors (Lipinski definition) is 4. The summed E-state index contributed by atoms with van der Waals surface area (Å²) in [6.07, 6.45) is 5.33. The highest BCUT2D eigenvalue weighted by molar-refractivity contribution is 5.52. The summed E-state index contributed by atoms with van der Waals surface area (Å²) in [7, 11) is 0. The SMILES string of the molecule is CC(Cn1ccnc1)NCc1ccc(O)c(O)c1O. The van der Waals surface area contributed by atoms with Crippen LogP contribution in [-0.4, -0.2) is 30.9 Å². The molecule has 0 radical (unpaired) electrons. The minimum Gasteiger partial charge on any atom is -0.504 e. The van der Waals surface area contributed by atoms with Crippen molar-refractivity contribution in [3.63, 3.8) is 0 Å². The van der Waals surface area contributed by atoms with E-state index in [1.165, 1.54) is 6.07 Å². The molecular formula is C13H17N3O3. The van der Waals surface area contributed by atoms with E-state index in [4.69, 9.17) is 0 Å². The Bertz CT molecular complexity index is 540. The standard InChI is InChI=1S/C13H17N3O3/c1-9(7-16-5-4-14-8-16)15-6-10-2-3-11(17)13(19)12(10)18/h2-5,8-9,15,17-19H,6-7H2,1H3. The number of phenolic OH excluding ortho intramolecular Hbond substituents is 3. The summed E-state index contributed by atoms with van der Waals surface area (Å²) in [6, 6.07) is 3.10. The van der Waals surface area contributed by atoms with Gasteiger partial charge in [-0.1, -0.05) is 6.07 Å². The van der Waals surface area contributed by atoms with Gasteiger partial charge < -0.3 is 25.2 Å². The number of phenols is 3. The van der Waals surface area contributed by atoms with Crippen molar-refractivity contribution in [3.8, 4) is 17.2 Å². The molecule has 0 aliphatic rings. The van der Waals surface area contributed by atoms with Crippen LogP contribution in [0.3, 0.4) is 0 Å². The third-order valence-corrected chi connectivity index (χ3v) is 2.90. The zero-order valence-electron chi connectivity index (χ0n) is 10.6. The van der Waals surface area contributed by atoms with Crippen molar-refractivity contribution >= 4 is 0 Å². The second-order valence-electron chi connectivity index (χ2n) is 4.48. The number of nitrogens with one attached hydrogen (secondary N) is 1. The molecule has 102 valence electrons. The largest absolute Gasteiger partial charge is 0.504 e. The molecule has 6 heteroatoms. The summed E-state index contributed by atoms with van der Waals surface area (Å²) in [5.74, 6) is -1.10. The maximum Gasteiger partial charge on any atom is 0.200 e. The maximum absolute atomic E-state index is 9.68. The van der Waals surface area contributed by atoms with Gasteiger partial charge in [-0.15, -0.1) is 0 Å². The van der Waals surface area contributed by atoms with Crippen molar-refractivity contribution < 1.29 is 15.3 Å². The Hall–Kier alpha value is -2.21. The van der Waals surface area contributed by atoms with Crippen molar-refractivity contribution in [1.29, 1.82) is 0 Å². The molecule has 1 heterocycles. The molecule has 0 saturated heterocycles. The number of rotatable bonds is 5. The Labute approximate surface area is 111 Å². The molecule has 0 bridgehead atoms. The van der Waals surface area contributed by atoms with Crippen LogP contribution in [0.5, 0.6) is 17.2 Å². The van der Waals surface area contributed by atoms with Gasteiger partial charge in [0, 0.05) is 37.1 Å². The first kappa shape index (κ1) is 13.2. The molecule has 1 atom stereocenters. The first-order chi connectivity index (χ1) is 9.08. The van der Waals surface area contributed by atoms with E-state index in [-0.39, 0.29) is 17.5 Å². The molecule has 2 rings (SSSR count). The van der Waals surface area contributed by atoms with Crippen LogP contribution in [0, 0.1) is 0 Å². The highest BCUT2D eigenvalue weighted by atomic mass is 16.3. The Morgan fingerprint density at radius 1 is 1.26 bits per heavy atom. The summed E-state index contributed by atoms with van der Waals surface area (Å²) in [6.45, 7) is 3.16. The molecule has 1 aromatic heterocycles. The van der Waals surface area contributed by atoms with Gasteiger partial charge in [0.1, 0.15) is 0 Å². The number of nitrogens with zero attached hydrogens (tertiary/aromatic N) is 2. The number of aromatic nitrogens is 2. The molecule has 0 aliphatic heterocycles. The summed E-state index contributed by atoms with van der Waals surface area (Å²) in [5.41, 5.74) is 0.535. The first-order valence-electron chi connectivity index (χ1n) is 6.00. The van der Waals surface area contributed by atoms with E-state index >= 15 is 0 Å². The fourth-order valence-corrected chi connectivity index (χ4v) is 1.81. The van der Waals surface area contributed by atoms with Gasteiger partial charge >= 0.3 is 0 Å². The summed E-state index contributed by atoms with van der Waals surface area (Å²) in [4.78, 5) is 3.96. The number of aromatic hydroxyl groups is 3. The van der Waals surface area contributed by atoms with Gasteiger partial charge in [0.25, 0.3) is 0 Å². The average molecular weight is 263 g/mol. The van der Waals surface area contributed by atoms with Crippen LogP contribution in [0.25, 0.3) is 0 Å². The minimum absolute atomic E-state index is 0.171. The Kier molecular flexibility index (Phi) is 3.91. The van der Waals surface area contributed by atoms with Crippen molar-refractivity contribution in [1.82, 2.24) is 14.9 Å². The lowest BCUT2D eigenvalue weighted by atomic mass is 10.1. The number of benzene rings is 1. The second-order valence-corrected chi connectivity index (χ2v) is 4.48. The van der Waals surface area contributed by atoms with Gasteiger partial charge in [-0.2, -0.15) is 0 Å². The molecule has 19 heavy (non-hydrogen) atoms. The molecule has 0 saturated carbocycles. The quantitative estimate of drug-likeness (QED) is 0.608. The third kappa shape index (κ3) is 3.17. The predicted octanol–water partition coefficient (Wildman–Crippen LogP) is 1.18. The molecular weight excluding hydrogens is 246 g/mol. The smallest absolute Gasteiger partial charge is 0.200 e. The topological polar surface area (TPSA) is 90.5 Å². The number of hydrogen-bond acceptors (Lipinski definition) is 5. The van der Waals surface area contributed by atoms with E-state index < -0.39 is 5.75 Å². The molecule has 0 aliphatic carbocycles. The van der Waals surface area contributed by atoms with Crippen LogP contribution in [0.15, 0.2) is 30.9 Å². The number of imidazole rings is 1. The Morgan fingerprint density at radius 2 is 2.05 bits per heavy atom. The summed E-state index contributed by atoms with van der Waals surface area (Å²) >= 11 is 0. The third-order valence-electron chi connectivity index (χ3n) is 2.90. The van der Waals surface area contributed by atoms with E-state index in [0.29, 0.717) is 12.1 Å². The van der Waals surface area contributed by atoms with E-state index in [2.05, 4.69) is 10.3 Å². The lowest BCUT2D eigenvalue weighted by molar-refractivity contribution is 0.362. The van der Waals surface area contributed by atoms with Crippen LogP contribution < -0.4 is 5.32 Å². The summed E-state index contributed by atoms with van der Waals surface area (Å²) < 4.78 is 1.95. The van der Waals surface area contributed by atoms with Gasteiger partial charge in [0.15, 0.2) is 11.5 Å². The van der Waals surface area contributed by atoms with Gasteiger partial charge in [-0.05, 0) is 13.0 Å². The molecule has 1 unspecified atom stereocenters. The normalized spacial score (nSPS) is 12.5. The van der Waals surface area contributed by atoms with Gasteiger partial charge in [0.05, 0.1) is 6.33 Å². The molecule has 2 aromatic rings. The van der Waals surface area contributed by atoms with E-state index in [9.17, 15) is 15.3 Å². The van der Waals surface area contributed by atoms with Crippen LogP contribution in [0.1, 0.15) is 12.5 Å². The minimum atomic E-state index is -0.485. The molecule has 0 fully saturated rings. The van der Waals surface area contributed by atoms with Gasteiger partial charge in [-0.25, -0.2) is 4.98 Å². The summed E-state index contributed by atoms with van der Waals surface area (Å²) in [5, 5.41) is 31.6. The molecule has 4 N–H and O–H groups in total. The Morgan fingerprint density at radius 3 is 2.74 bits per heavy atom. The fourth-order valence-electron chi connectivity index (χ4n) is 1.81. The maximum atomic E-state index is 9.68. The molecule has 6 nitrogen and oxygen atoms in total. The second kappa shape index (κ2) is 5.62. The Balaban J connectivity index is 1.93.